The zero-order valence-corrected chi connectivity index (χ0v) is 11.0. The summed E-state index contributed by atoms with van der Waals surface area (Å²) < 4.78 is 11.2. The summed E-state index contributed by atoms with van der Waals surface area (Å²) in [6.45, 7) is 0. The predicted molar refractivity (Wildman–Crippen MR) is 70.5 cm³/mol. The normalized spacial score (nSPS) is 12.1. The van der Waals surface area contributed by atoms with Crippen molar-refractivity contribution in [1.29, 1.82) is 0 Å². The highest BCUT2D eigenvalue weighted by Crippen LogP contribution is 2.20. The Morgan fingerprint density at radius 1 is 1.56 bits per heavy atom. The van der Waals surface area contributed by atoms with E-state index in [2.05, 4.69) is 10.3 Å². The monoisotopic (exact) mass is 282 g/mol. The molecule has 0 aliphatic rings. The first kappa shape index (κ1) is 12.9. The molecule has 2 aromatic rings. The molecule has 1 atom stereocenters. The van der Waals surface area contributed by atoms with Crippen LogP contribution in [0.3, 0.4) is 0 Å². The van der Waals surface area contributed by atoms with Gasteiger partial charge in [0.25, 0.3) is 10.9 Å². The molecule has 0 aliphatic carbocycles. The molecule has 18 heavy (non-hydrogen) atoms. The van der Waals surface area contributed by atoms with Gasteiger partial charge in [-0.3, -0.25) is 10.1 Å². The number of anilines is 1. The highest BCUT2D eigenvalue weighted by Gasteiger charge is 2.13. The summed E-state index contributed by atoms with van der Waals surface area (Å²) in [6, 6.07) is 6.01. The number of phenols is 1. The van der Waals surface area contributed by atoms with E-state index in [1.54, 1.807) is 17.5 Å². The van der Waals surface area contributed by atoms with Gasteiger partial charge in [-0.25, -0.2) is 0 Å². The van der Waals surface area contributed by atoms with E-state index < -0.39 is 11.2 Å². The number of amides is 1. The number of nitrogens with one attached hydrogen (secondary N) is 1. The van der Waals surface area contributed by atoms with E-state index >= 15 is 0 Å². The first-order valence-corrected chi connectivity index (χ1v) is 7.39. The summed E-state index contributed by atoms with van der Waals surface area (Å²) in [7, 11) is 0. The van der Waals surface area contributed by atoms with E-state index in [0.29, 0.717) is 15.7 Å². The molecule has 1 aromatic heterocycles. The summed E-state index contributed by atoms with van der Waals surface area (Å²) in [5.74, 6) is -0.342. The van der Waals surface area contributed by atoms with Crippen LogP contribution in [0.1, 0.15) is 10.4 Å². The molecular weight excluding hydrogens is 272 g/mol. The quantitative estimate of drug-likeness (QED) is 0.841. The lowest BCUT2D eigenvalue weighted by atomic mass is 10.2. The Bertz CT molecular complexity index is 569. The average Bonchev–Trinajstić information content (AvgIpc) is 2.77. The Morgan fingerprint density at radius 3 is 2.94 bits per heavy atom. The van der Waals surface area contributed by atoms with E-state index in [1.165, 1.54) is 29.7 Å². The molecule has 1 heterocycles. The van der Waals surface area contributed by atoms with Gasteiger partial charge in [0, 0.05) is 16.7 Å². The van der Waals surface area contributed by atoms with Crippen LogP contribution in [0, 0.1) is 0 Å². The molecule has 0 fully saturated rings. The maximum Gasteiger partial charge on any atom is 0.257 e. The van der Waals surface area contributed by atoms with Gasteiger partial charge in [-0.05, 0) is 18.2 Å². The summed E-state index contributed by atoms with van der Waals surface area (Å²) >= 11 is 0.0434. The fourth-order valence-corrected chi connectivity index (χ4v) is 2.80. The number of hydrogen-bond donors (Lipinski definition) is 2. The fourth-order valence-electron chi connectivity index (χ4n) is 1.26. The van der Waals surface area contributed by atoms with Gasteiger partial charge in [0.1, 0.15) is 12.0 Å². The maximum absolute atomic E-state index is 11.8. The van der Waals surface area contributed by atoms with E-state index in [9.17, 15) is 14.5 Å². The van der Waals surface area contributed by atoms with Crippen molar-refractivity contribution in [3.05, 3.63) is 35.2 Å². The lowest BCUT2D eigenvalue weighted by Crippen LogP contribution is -2.11. The largest absolute Gasteiger partial charge is 0.610 e. The highest BCUT2D eigenvalue weighted by molar-refractivity contribution is 7.90. The molecule has 94 valence electrons. The minimum Gasteiger partial charge on any atom is -0.610 e. The van der Waals surface area contributed by atoms with Gasteiger partial charge in [-0.2, -0.15) is 4.98 Å². The van der Waals surface area contributed by atoms with E-state index in [1.807, 2.05) is 0 Å². The number of hydrogen-bond acceptors (Lipinski definition) is 5. The van der Waals surface area contributed by atoms with Crippen LogP contribution in [0.5, 0.6) is 5.75 Å². The molecule has 0 radical (unpaired) electrons. The second-order valence-corrected chi connectivity index (χ2v) is 5.63. The zero-order chi connectivity index (χ0) is 13.1. The van der Waals surface area contributed by atoms with Crippen molar-refractivity contribution in [3.8, 4) is 5.75 Å². The number of benzene rings is 1. The molecule has 0 saturated carbocycles. The van der Waals surface area contributed by atoms with Crippen molar-refractivity contribution < 1.29 is 14.5 Å². The van der Waals surface area contributed by atoms with Crippen molar-refractivity contribution in [2.24, 2.45) is 0 Å². The number of thiazole rings is 1. The first-order chi connectivity index (χ1) is 8.56. The molecule has 2 N–H and O–H groups in total. The molecule has 0 bridgehead atoms. The summed E-state index contributed by atoms with van der Waals surface area (Å²) in [4.78, 5) is 15.8. The minimum absolute atomic E-state index is 0.0251. The van der Waals surface area contributed by atoms with Gasteiger partial charge in [-0.15, -0.1) is 0 Å². The van der Waals surface area contributed by atoms with Crippen LogP contribution in [-0.2, 0) is 11.2 Å². The average molecular weight is 282 g/mol. The smallest absolute Gasteiger partial charge is 0.257 e. The highest BCUT2D eigenvalue weighted by atomic mass is 32.2. The first-order valence-electron chi connectivity index (χ1n) is 4.95. The van der Waals surface area contributed by atoms with Crippen LogP contribution in [0.4, 0.5) is 5.13 Å². The Labute approximate surface area is 111 Å². The Balaban J connectivity index is 2.11. The topological polar surface area (TPSA) is 85.3 Å². The van der Waals surface area contributed by atoms with Gasteiger partial charge in [0.15, 0.2) is 5.13 Å². The number of rotatable bonds is 3. The van der Waals surface area contributed by atoms with Gasteiger partial charge in [0.05, 0.1) is 5.38 Å². The van der Waals surface area contributed by atoms with E-state index in [4.69, 9.17) is 0 Å². The third kappa shape index (κ3) is 3.00. The van der Waals surface area contributed by atoms with Crippen LogP contribution in [-0.4, -0.2) is 26.8 Å². The van der Waals surface area contributed by atoms with Crippen LogP contribution in [0.15, 0.2) is 34.7 Å². The summed E-state index contributed by atoms with van der Waals surface area (Å²) in [5.41, 5.74) is 0.337. The molecule has 2 rings (SSSR count). The van der Waals surface area contributed by atoms with Crippen LogP contribution < -0.4 is 5.32 Å². The molecule has 5 nitrogen and oxygen atoms in total. The molecule has 0 aliphatic heterocycles. The van der Waals surface area contributed by atoms with Crippen molar-refractivity contribution >= 4 is 33.6 Å². The van der Waals surface area contributed by atoms with Crippen molar-refractivity contribution in [2.45, 2.75) is 5.03 Å². The van der Waals surface area contributed by atoms with Gasteiger partial charge in [0.2, 0.25) is 0 Å². The van der Waals surface area contributed by atoms with Gasteiger partial charge < -0.3 is 9.66 Å². The SMILES string of the molecule is C[S+]([O-])c1csc(NC(=O)c2cccc(O)c2)n1. The standard InChI is InChI=1S/C11H10N2O3S2/c1-18(16)9-6-17-11(12-9)13-10(15)7-3-2-4-8(14)5-7/h2-6,14H,1H3,(H,12,13,15). The van der Waals surface area contributed by atoms with Crippen molar-refractivity contribution in [1.82, 2.24) is 4.98 Å². The van der Waals surface area contributed by atoms with Gasteiger partial charge >= 0.3 is 0 Å². The van der Waals surface area contributed by atoms with Crippen molar-refractivity contribution in [3.63, 3.8) is 0 Å². The summed E-state index contributed by atoms with van der Waals surface area (Å²) in [6.07, 6.45) is 1.52. The Hall–Kier alpha value is -1.57. The lowest BCUT2D eigenvalue weighted by Gasteiger charge is -2.02. The third-order valence-corrected chi connectivity index (χ3v) is 3.81. The number of aromatic hydroxyl groups is 1. The minimum atomic E-state index is -1.16. The second-order valence-electron chi connectivity index (χ2n) is 3.45. The number of nitrogens with zero attached hydrogens (tertiary/aromatic N) is 1. The third-order valence-electron chi connectivity index (χ3n) is 2.11. The zero-order valence-electron chi connectivity index (χ0n) is 9.41. The van der Waals surface area contributed by atoms with Crippen LogP contribution >= 0.6 is 11.3 Å². The molecule has 1 amide bonds. The van der Waals surface area contributed by atoms with Crippen LogP contribution in [0.25, 0.3) is 0 Å². The molecule has 1 aromatic carbocycles. The number of aromatic nitrogens is 1. The second kappa shape index (κ2) is 5.38. The molecule has 7 heteroatoms. The Kier molecular flexibility index (Phi) is 3.85. The van der Waals surface area contributed by atoms with E-state index in [-0.39, 0.29) is 11.7 Å². The number of carbonyl (C=O) groups excluding carboxylic acids is 1. The fraction of sp³-hybridized carbons (Fsp3) is 0.0909. The Morgan fingerprint density at radius 2 is 2.33 bits per heavy atom. The van der Waals surface area contributed by atoms with Gasteiger partial charge in [-0.1, -0.05) is 17.4 Å². The van der Waals surface area contributed by atoms with E-state index in [0.717, 1.165) is 0 Å². The lowest BCUT2D eigenvalue weighted by molar-refractivity contribution is 0.102. The molecular formula is C11H10N2O3S2. The molecule has 0 saturated heterocycles. The number of carbonyl (C=O) groups is 1. The predicted octanol–water partition coefficient (Wildman–Crippen LogP) is 1.84. The number of phenolic OH excluding ortho intramolecular Hbond substituents is 1. The molecule has 1 unspecified atom stereocenters. The summed E-state index contributed by atoms with van der Waals surface area (Å²) in [5, 5.41) is 14.3. The maximum atomic E-state index is 11.8. The van der Waals surface area contributed by atoms with Crippen LogP contribution in [0.2, 0.25) is 0 Å². The van der Waals surface area contributed by atoms with Crippen molar-refractivity contribution in [2.75, 3.05) is 11.6 Å². The molecule has 0 spiro atoms.